The summed E-state index contributed by atoms with van der Waals surface area (Å²) in [6.07, 6.45) is 1.45. The Balaban J connectivity index is 2.05. The summed E-state index contributed by atoms with van der Waals surface area (Å²) in [5.74, 6) is -1.92. The Morgan fingerprint density at radius 3 is 2.55 bits per heavy atom. The number of nitrogens with zero attached hydrogens (tertiary/aromatic N) is 1. The number of aromatic carboxylic acids is 1. The SMILES string of the molecule is CCc1c(-c2ccc3cc(CN(C)C(C)CC)[nH]c3c2)[nH]c(=O)c(C(=O)O)c1O. The number of pyridine rings is 1. The van der Waals surface area contributed by atoms with Gasteiger partial charge in [-0.3, -0.25) is 9.69 Å². The van der Waals surface area contributed by atoms with E-state index in [-0.39, 0.29) is 0 Å². The molecule has 0 saturated heterocycles. The lowest BCUT2D eigenvalue weighted by Gasteiger charge is -2.22. The Labute approximate surface area is 169 Å². The monoisotopic (exact) mass is 397 g/mol. The fraction of sp³-hybridized carbons (Fsp3) is 0.364. The molecule has 1 aromatic carbocycles. The van der Waals surface area contributed by atoms with Gasteiger partial charge in [0, 0.05) is 34.9 Å². The number of hydrogen-bond donors (Lipinski definition) is 4. The van der Waals surface area contributed by atoms with Gasteiger partial charge in [-0.2, -0.15) is 0 Å². The van der Waals surface area contributed by atoms with Crippen molar-refractivity contribution in [2.45, 2.75) is 46.2 Å². The Morgan fingerprint density at radius 2 is 1.93 bits per heavy atom. The minimum Gasteiger partial charge on any atom is -0.506 e. The molecule has 3 rings (SSSR count). The lowest BCUT2D eigenvalue weighted by Crippen LogP contribution is -2.27. The summed E-state index contributed by atoms with van der Waals surface area (Å²) >= 11 is 0. The van der Waals surface area contributed by atoms with Crippen LogP contribution in [0.1, 0.15) is 48.8 Å². The molecule has 0 aliphatic rings. The van der Waals surface area contributed by atoms with Crippen molar-refractivity contribution in [3.63, 3.8) is 0 Å². The number of fused-ring (bicyclic) bond motifs is 1. The first kappa shape index (κ1) is 20.7. The van der Waals surface area contributed by atoms with E-state index < -0.39 is 22.8 Å². The van der Waals surface area contributed by atoms with Crippen LogP contribution in [0.15, 0.2) is 29.1 Å². The number of benzene rings is 1. The maximum atomic E-state index is 12.2. The normalized spacial score (nSPS) is 12.6. The van der Waals surface area contributed by atoms with Crippen LogP contribution < -0.4 is 5.56 Å². The predicted octanol–water partition coefficient (Wildman–Crippen LogP) is 3.72. The minimum atomic E-state index is -1.44. The second-order valence-electron chi connectivity index (χ2n) is 7.46. The van der Waals surface area contributed by atoms with Crippen LogP contribution in [0, 0.1) is 0 Å². The van der Waals surface area contributed by atoms with Crippen molar-refractivity contribution in [1.82, 2.24) is 14.9 Å². The van der Waals surface area contributed by atoms with Gasteiger partial charge in [-0.1, -0.05) is 26.0 Å². The smallest absolute Gasteiger partial charge is 0.345 e. The highest BCUT2D eigenvalue weighted by Crippen LogP contribution is 2.31. The van der Waals surface area contributed by atoms with Crippen LogP contribution in [0.25, 0.3) is 22.2 Å². The predicted molar refractivity (Wildman–Crippen MR) is 114 cm³/mol. The zero-order valence-electron chi connectivity index (χ0n) is 17.2. The van der Waals surface area contributed by atoms with Crippen molar-refractivity contribution < 1.29 is 15.0 Å². The number of carboxylic acids is 1. The highest BCUT2D eigenvalue weighted by Gasteiger charge is 2.22. The zero-order valence-corrected chi connectivity index (χ0v) is 17.2. The zero-order chi connectivity index (χ0) is 21.3. The van der Waals surface area contributed by atoms with Crippen molar-refractivity contribution in [3.8, 4) is 17.0 Å². The molecule has 3 aromatic rings. The number of aromatic nitrogens is 2. The molecule has 0 aliphatic heterocycles. The molecule has 4 N–H and O–H groups in total. The van der Waals surface area contributed by atoms with Crippen LogP contribution in [0.4, 0.5) is 0 Å². The number of H-pyrrole nitrogens is 2. The first-order chi connectivity index (χ1) is 13.8. The van der Waals surface area contributed by atoms with Crippen LogP contribution in [-0.4, -0.2) is 44.1 Å². The molecule has 7 heteroatoms. The molecule has 0 fully saturated rings. The van der Waals surface area contributed by atoms with E-state index in [0.29, 0.717) is 29.3 Å². The standard InChI is InChI=1S/C22H27N3O4/c1-5-12(3)25(4)11-15-9-13-7-8-14(10-17(13)23-15)19-16(6-2)20(26)18(22(28)29)21(27)24-19/h7-10,12,23H,5-6,11H2,1-4H3,(H,28,29)(H2,24,26,27). The molecule has 0 bridgehead atoms. The van der Waals surface area contributed by atoms with E-state index in [0.717, 1.165) is 29.6 Å². The van der Waals surface area contributed by atoms with Crippen LogP contribution in [0.2, 0.25) is 0 Å². The summed E-state index contributed by atoms with van der Waals surface area (Å²) in [5.41, 5.74) is 2.13. The molecule has 0 aliphatic carbocycles. The van der Waals surface area contributed by atoms with Gasteiger partial charge in [0.25, 0.3) is 5.56 Å². The third-order valence-corrected chi connectivity index (χ3v) is 5.59. The number of carboxylic acid groups (broad SMARTS) is 1. The van der Waals surface area contributed by atoms with Crippen LogP contribution >= 0.6 is 0 Å². The second-order valence-corrected chi connectivity index (χ2v) is 7.46. The fourth-order valence-corrected chi connectivity index (χ4v) is 3.58. The van der Waals surface area contributed by atoms with E-state index in [4.69, 9.17) is 0 Å². The van der Waals surface area contributed by atoms with E-state index >= 15 is 0 Å². The molecule has 7 nitrogen and oxygen atoms in total. The van der Waals surface area contributed by atoms with Crippen LogP contribution in [-0.2, 0) is 13.0 Å². The maximum absolute atomic E-state index is 12.2. The Hall–Kier alpha value is -3.06. The largest absolute Gasteiger partial charge is 0.506 e. The Kier molecular flexibility index (Phi) is 5.79. The number of hydrogen-bond acceptors (Lipinski definition) is 4. The minimum absolute atomic E-state index is 0.381. The Morgan fingerprint density at radius 1 is 1.21 bits per heavy atom. The highest BCUT2D eigenvalue weighted by atomic mass is 16.4. The average Bonchev–Trinajstić information content (AvgIpc) is 3.07. The molecule has 0 radical (unpaired) electrons. The summed E-state index contributed by atoms with van der Waals surface area (Å²) in [7, 11) is 2.09. The van der Waals surface area contributed by atoms with E-state index in [1.165, 1.54) is 0 Å². The number of rotatable bonds is 7. The Bertz CT molecular complexity index is 1110. The van der Waals surface area contributed by atoms with Gasteiger partial charge in [0.15, 0.2) is 5.56 Å². The highest BCUT2D eigenvalue weighted by molar-refractivity contribution is 5.92. The van der Waals surface area contributed by atoms with E-state index in [2.05, 4.69) is 41.8 Å². The summed E-state index contributed by atoms with van der Waals surface area (Å²) in [4.78, 5) is 31.9. The summed E-state index contributed by atoms with van der Waals surface area (Å²) < 4.78 is 0. The fourth-order valence-electron chi connectivity index (χ4n) is 3.58. The van der Waals surface area contributed by atoms with Gasteiger partial charge in [0.05, 0.1) is 5.69 Å². The van der Waals surface area contributed by atoms with Crippen molar-refractivity contribution in [3.05, 3.63) is 51.4 Å². The van der Waals surface area contributed by atoms with Crippen LogP contribution in [0.5, 0.6) is 5.75 Å². The molecule has 0 amide bonds. The number of aromatic hydroxyl groups is 1. The molecular formula is C22H27N3O4. The quantitative estimate of drug-likeness (QED) is 0.486. The topological polar surface area (TPSA) is 109 Å². The third kappa shape index (κ3) is 3.91. The molecular weight excluding hydrogens is 370 g/mol. The van der Waals surface area contributed by atoms with Gasteiger partial charge < -0.3 is 20.2 Å². The van der Waals surface area contributed by atoms with Crippen molar-refractivity contribution in [2.24, 2.45) is 0 Å². The molecule has 0 saturated carbocycles. The maximum Gasteiger partial charge on any atom is 0.345 e. The van der Waals surface area contributed by atoms with Gasteiger partial charge >= 0.3 is 5.97 Å². The van der Waals surface area contributed by atoms with Crippen molar-refractivity contribution in [2.75, 3.05) is 7.05 Å². The second kappa shape index (κ2) is 8.13. The third-order valence-electron chi connectivity index (χ3n) is 5.59. The number of aromatic amines is 2. The van der Waals surface area contributed by atoms with E-state index in [9.17, 15) is 19.8 Å². The van der Waals surface area contributed by atoms with Crippen molar-refractivity contribution >= 4 is 16.9 Å². The van der Waals surface area contributed by atoms with Crippen LogP contribution in [0.3, 0.4) is 0 Å². The van der Waals surface area contributed by atoms with Gasteiger partial charge in [0.2, 0.25) is 0 Å². The molecule has 2 aromatic heterocycles. The van der Waals surface area contributed by atoms with Gasteiger partial charge in [-0.25, -0.2) is 4.79 Å². The summed E-state index contributed by atoms with van der Waals surface area (Å²) in [6, 6.07) is 8.31. The molecule has 1 unspecified atom stereocenters. The van der Waals surface area contributed by atoms with Gasteiger partial charge in [0.1, 0.15) is 5.75 Å². The number of nitrogens with one attached hydrogen (secondary N) is 2. The van der Waals surface area contributed by atoms with Crippen molar-refractivity contribution in [1.29, 1.82) is 0 Å². The number of carbonyl (C=O) groups is 1. The molecule has 1 atom stereocenters. The first-order valence-electron chi connectivity index (χ1n) is 9.80. The first-order valence-corrected chi connectivity index (χ1v) is 9.80. The molecule has 154 valence electrons. The average molecular weight is 397 g/mol. The van der Waals surface area contributed by atoms with E-state index in [1.807, 2.05) is 18.2 Å². The molecule has 2 heterocycles. The lowest BCUT2D eigenvalue weighted by atomic mass is 10.00. The lowest BCUT2D eigenvalue weighted by molar-refractivity contribution is 0.0691. The van der Waals surface area contributed by atoms with Gasteiger partial charge in [-0.05, 0) is 44.3 Å². The molecule has 29 heavy (non-hydrogen) atoms. The molecule has 0 spiro atoms. The van der Waals surface area contributed by atoms with Gasteiger partial charge in [-0.15, -0.1) is 0 Å². The van der Waals surface area contributed by atoms with E-state index in [1.54, 1.807) is 6.92 Å². The summed E-state index contributed by atoms with van der Waals surface area (Å²) in [5, 5.41) is 20.6. The summed E-state index contributed by atoms with van der Waals surface area (Å²) in [6.45, 7) is 6.95.